The summed E-state index contributed by atoms with van der Waals surface area (Å²) in [6.45, 7) is 0. The Hall–Kier alpha value is -1.95. The molecule has 4 N–H and O–H groups in total. The summed E-state index contributed by atoms with van der Waals surface area (Å²) in [7, 11) is 0. The summed E-state index contributed by atoms with van der Waals surface area (Å²) in [5.74, 6) is 1.63. The number of aliphatic carboxylic acids is 1. The van der Waals surface area contributed by atoms with Crippen LogP contribution in [-0.2, 0) is 4.79 Å². The Morgan fingerprint density at radius 1 is 1.43 bits per heavy atom. The first-order valence-electron chi connectivity index (χ1n) is 3.60. The predicted octanol–water partition coefficient (Wildman–Crippen LogP) is 0.379. The molecule has 0 aliphatic carbocycles. The van der Waals surface area contributed by atoms with Crippen molar-refractivity contribution in [2.24, 2.45) is 5.84 Å². The number of nitrogens with two attached hydrogens (primary N) is 1. The average Bonchev–Trinajstić information content (AvgIpc) is 2.16. The number of hydrogen-bond donors (Lipinski definition) is 3. The Morgan fingerprint density at radius 2 is 2.07 bits per heavy atom. The van der Waals surface area contributed by atoms with Crippen molar-refractivity contribution >= 4 is 17.4 Å². The first-order chi connectivity index (χ1) is 6.56. The molecule has 0 aliphatic heterocycles. The molecule has 14 heavy (non-hydrogen) atoms. The number of benzene rings is 1. The van der Waals surface area contributed by atoms with Gasteiger partial charge in [-0.05, 0) is 18.2 Å². The fourth-order valence-corrected chi connectivity index (χ4v) is 0.949. The van der Waals surface area contributed by atoms with Crippen LogP contribution in [0.2, 0.25) is 0 Å². The van der Waals surface area contributed by atoms with Crippen molar-refractivity contribution in [3.8, 4) is 0 Å². The van der Waals surface area contributed by atoms with Gasteiger partial charge < -0.3 is 10.5 Å². The molecular formula is C8H7FN2O3. The third-order valence-electron chi connectivity index (χ3n) is 1.58. The minimum atomic E-state index is -1.62. The molecule has 0 bridgehead atoms. The number of anilines is 1. The van der Waals surface area contributed by atoms with Crippen LogP contribution in [0, 0.1) is 5.82 Å². The molecule has 0 atom stereocenters. The SMILES string of the molecule is NNc1cc(F)ccc1C(=O)C(=O)O. The van der Waals surface area contributed by atoms with E-state index in [0.29, 0.717) is 0 Å². The Balaban J connectivity index is 3.20. The minimum Gasteiger partial charge on any atom is -0.475 e. The third-order valence-corrected chi connectivity index (χ3v) is 1.58. The molecule has 1 aromatic carbocycles. The molecular weight excluding hydrogens is 191 g/mol. The molecule has 0 amide bonds. The topological polar surface area (TPSA) is 92.4 Å². The lowest BCUT2D eigenvalue weighted by atomic mass is 10.1. The summed E-state index contributed by atoms with van der Waals surface area (Å²) < 4.78 is 12.6. The Morgan fingerprint density at radius 3 is 2.57 bits per heavy atom. The van der Waals surface area contributed by atoms with Crippen LogP contribution in [0.25, 0.3) is 0 Å². The molecule has 0 heterocycles. The van der Waals surface area contributed by atoms with Gasteiger partial charge in [-0.15, -0.1) is 0 Å². The van der Waals surface area contributed by atoms with Crippen LogP contribution in [0.3, 0.4) is 0 Å². The highest BCUT2D eigenvalue weighted by atomic mass is 19.1. The Labute approximate surface area is 78.3 Å². The molecule has 0 aliphatic rings. The second-order valence-electron chi connectivity index (χ2n) is 2.47. The zero-order chi connectivity index (χ0) is 10.7. The molecule has 0 spiro atoms. The molecule has 0 aromatic heterocycles. The van der Waals surface area contributed by atoms with E-state index in [0.717, 1.165) is 18.2 Å². The minimum absolute atomic E-state index is 0.0580. The maximum Gasteiger partial charge on any atom is 0.377 e. The summed E-state index contributed by atoms with van der Waals surface area (Å²) in [4.78, 5) is 21.4. The molecule has 0 unspecified atom stereocenters. The number of carbonyl (C=O) groups is 2. The molecule has 5 nitrogen and oxygen atoms in total. The number of Topliss-reactive ketones (excluding diaryl/α,β-unsaturated/α-hetero) is 1. The van der Waals surface area contributed by atoms with E-state index in [2.05, 4.69) is 0 Å². The van der Waals surface area contributed by atoms with Gasteiger partial charge in [-0.2, -0.15) is 0 Å². The smallest absolute Gasteiger partial charge is 0.377 e. The quantitative estimate of drug-likeness (QED) is 0.282. The standard InChI is InChI=1S/C8H7FN2O3/c9-4-1-2-5(6(3-4)11-10)7(12)8(13)14/h1-3,11H,10H2,(H,13,14). The second kappa shape index (κ2) is 3.84. The molecule has 0 saturated carbocycles. The third kappa shape index (κ3) is 1.86. The van der Waals surface area contributed by atoms with E-state index in [1.54, 1.807) is 0 Å². The van der Waals surface area contributed by atoms with Gasteiger partial charge in [0.25, 0.3) is 5.78 Å². The van der Waals surface area contributed by atoms with Gasteiger partial charge in [0.2, 0.25) is 0 Å². The van der Waals surface area contributed by atoms with Crippen LogP contribution in [0.4, 0.5) is 10.1 Å². The van der Waals surface area contributed by atoms with Gasteiger partial charge in [-0.25, -0.2) is 9.18 Å². The van der Waals surface area contributed by atoms with Crippen molar-refractivity contribution in [2.75, 3.05) is 5.43 Å². The number of carboxylic acid groups (broad SMARTS) is 1. The van der Waals surface area contributed by atoms with Crippen molar-refractivity contribution in [2.45, 2.75) is 0 Å². The van der Waals surface area contributed by atoms with Crippen LogP contribution in [-0.4, -0.2) is 16.9 Å². The van der Waals surface area contributed by atoms with Crippen LogP contribution in [0.5, 0.6) is 0 Å². The zero-order valence-corrected chi connectivity index (χ0v) is 6.95. The largest absolute Gasteiger partial charge is 0.475 e. The van der Waals surface area contributed by atoms with Gasteiger partial charge in [0.15, 0.2) is 0 Å². The van der Waals surface area contributed by atoms with Gasteiger partial charge in [0.1, 0.15) is 5.82 Å². The fourth-order valence-electron chi connectivity index (χ4n) is 0.949. The number of nitrogen functional groups attached to an aromatic ring is 1. The van der Waals surface area contributed by atoms with E-state index in [1.165, 1.54) is 0 Å². The first-order valence-corrected chi connectivity index (χ1v) is 3.60. The summed E-state index contributed by atoms with van der Waals surface area (Å²) >= 11 is 0. The van der Waals surface area contributed by atoms with Gasteiger partial charge in [-0.3, -0.25) is 10.6 Å². The molecule has 6 heteroatoms. The monoisotopic (exact) mass is 198 g/mol. The average molecular weight is 198 g/mol. The zero-order valence-electron chi connectivity index (χ0n) is 6.95. The molecule has 1 rings (SSSR count). The van der Waals surface area contributed by atoms with Crippen molar-refractivity contribution in [1.29, 1.82) is 0 Å². The van der Waals surface area contributed by atoms with Gasteiger partial charge in [-0.1, -0.05) is 0 Å². The van der Waals surface area contributed by atoms with E-state index in [-0.39, 0.29) is 11.3 Å². The normalized spacial score (nSPS) is 9.57. The van der Waals surface area contributed by atoms with Crippen LogP contribution >= 0.6 is 0 Å². The summed E-state index contributed by atoms with van der Waals surface area (Å²) in [6.07, 6.45) is 0. The van der Waals surface area contributed by atoms with E-state index >= 15 is 0 Å². The van der Waals surface area contributed by atoms with Crippen molar-refractivity contribution < 1.29 is 19.1 Å². The van der Waals surface area contributed by atoms with Crippen LogP contribution in [0.15, 0.2) is 18.2 Å². The molecule has 74 valence electrons. The lowest BCUT2D eigenvalue weighted by Crippen LogP contribution is -2.17. The number of hydrazine groups is 1. The summed E-state index contributed by atoms with van der Waals surface area (Å²) in [5, 5.41) is 8.41. The van der Waals surface area contributed by atoms with Gasteiger partial charge in [0.05, 0.1) is 11.3 Å². The summed E-state index contributed by atoms with van der Waals surface area (Å²) in [5.41, 5.74) is 1.81. The molecule has 0 saturated heterocycles. The van der Waals surface area contributed by atoms with Gasteiger partial charge >= 0.3 is 5.97 Å². The van der Waals surface area contributed by atoms with E-state index in [1.807, 2.05) is 5.43 Å². The van der Waals surface area contributed by atoms with Crippen molar-refractivity contribution in [3.05, 3.63) is 29.6 Å². The number of carboxylic acids is 1. The molecule has 1 aromatic rings. The highest BCUT2D eigenvalue weighted by Crippen LogP contribution is 2.16. The van der Waals surface area contributed by atoms with E-state index in [9.17, 15) is 14.0 Å². The molecule has 0 radical (unpaired) electrons. The Kier molecular flexibility index (Phi) is 2.78. The van der Waals surface area contributed by atoms with E-state index < -0.39 is 17.6 Å². The number of carbonyl (C=O) groups excluding carboxylic acids is 1. The second-order valence-corrected chi connectivity index (χ2v) is 2.47. The Bertz CT molecular complexity index is 392. The first kappa shape index (κ1) is 10.1. The lowest BCUT2D eigenvalue weighted by Gasteiger charge is -2.05. The van der Waals surface area contributed by atoms with Crippen molar-refractivity contribution in [1.82, 2.24) is 0 Å². The number of halogens is 1. The predicted molar refractivity (Wildman–Crippen MR) is 46.2 cm³/mol. The lowest BCUT2D eigenvalue weighted by molar-refractivity contribution is -0.131. The summed E-state index contributed by atoms with van der Waals surface area (Å²) in [6, 6.07) is 2.98. The van der Waals surface area contributed by atoms with Gasteiger partial charge in [0, 0.05) is 0 Å². The highest BCUT2D eigenvalue weighted by Gasteiger charge is 2.18. The maximum atomic E-state index is 12.6. The number of nitrogens with one attached hydrogen (secondary N) is 1. The number of ketones is 1. The number of hydrogen-bond acceptors (Lipinski definition) is 4. The fraction of sp³-hybridized carbons (Fsp3) is 0. The maximum absolute atomic E-state index is 12.6. The molecule has 0 fully saturated rings. The number of rotatable bonds is 3. The van der Waals surface area contributed by atoms with Crippen LogP contribution in [0.1, 0.15) is 10.4 Å². The van der Waals surface area contributed by atoms with Crippen molar-refractivity contribution in [3.63, 3.8) is 0 Å². The van der Waals surface area contributed by atoms with E-state index in [4.69, 9.17) is 10.9 Å². The highest BCUT2D eigenvalue weighted by molar-refractivity contribution is 6.41. The van der Waals surface area contributed by atoms with Crippen LogP contribution < -0.4 is 11.3 Å².